The fraction of sp³-hybridized carbons (Fsp3) is 0.714. The first kappa shape index (κ1) is 13.9. The van der Waals surface area contributed by atoms with Gasteiger partial charge in [-0.2, -0.15) is 0 Å². The Morgan fingerprint density at radius 3 is 2.63 bits per heavy atom. The van der Waals surface area contributed by atoms with Gasteiger partial charge in [0.05, 0.1) is 0 Å². The van der Waals surface area contributed by atoms with Gasteiger partial charge in [-0.3, -0.25) is 0 Å². The van der Waals surface area contributed by atoms with Gasteiger partial charge in [0.15, 0.2) is 0 Å². The topological polar surface area (TPSA) is 60.9 Å². The summed E-state index contributed by atoms with van der Waals surface area (Å²) >= 11 is 0. The van der Waals surface area contributed by atoms with Crippen LogP contribution in [0.2, 0.25) is 0 Å². The number of hydrogen-bond donors (Lipinski definition) is 1. The van der Waals surface area contributed by atoms with Gasteiger partial charge >= 0.3 is 12.0 Å². The second kappa shape index (κ2) is 5.23. The zero-order valence-corrected chi connectivity index (χ0v) is 11.7. The van der Waals surface area contributed by atoms with E-state index < -0.39 is 11.5 Å². The summed E-state index contributed by atoms with van der Waals surface area (Å²) in [4.78, 5) is 27.3. The molecule has 1 atom stereocenters. The standard InChI is InChI=1S/C14H22N2O3/c1-11-5-9-15(10-6-11)13(19)16-8-4-3-7-14(16,2)12(17)18/h5H,3-4,6-10H2,1-2H3,(H,17,18). The molecule has 0 bridgehead atoms. The molecule has 0 saturated carbocycles. The lowest BCUT2D eigenvalue weighted by molar-refractivity contribution is -0.150. The van der Waals surface area contributed by atoms with Crippen molar-refractivity contribution in [2.75, 3.05) is 19.6 Å². The maximum absolute atomic E-state index is 12.5. The number of aliphatic carboxylic acids is 1. The van der Waals surface area contributed by atoms with E-state index in [0.717, 1.165) is 19.3 Å². The first-order valence-corrected chi connectivity index (χ1v) is 6.91. The Hall–Kier alpha value is -1.52. The fourth-order valence-corrected chi connectivity index (χ4v) is 2.77. The number of urea groups is 1. The minimum Gasteiger partial charge on any atom is -0.480 e. The van der Waals surface area contributed by atoms with E-state index in [1.807, 2.05) is 6.08 Å². The van der Waals surface area contributed by atoms with Crippen molar-refractivity contribution < 1.29 is 14.7 Å². The molecule has 0 spiro atoms. The number of carbonyl (C=O) groups is 2. The van der Waals surface area contributed by atoms with E-state index in [4.69, 9.17) is 0 Å². The first-order chi connectivity index (χ1) is 8.95. The molecule has 2 amide bonds. The van der Waals surface area contributed by atoms with Crippen molar-refractivity contribution >= 4 is 12.0 Å². The molecule has 2 aliphatic heterocycles. The number of hydrogen-bond acceptors (Lipinski definition) is 2. The summed E-state index contributed by atoms with van der Waals surface area (Å²) in [5.74, 6) is -0.899. The van der Waals surface area contributed by atoms with Crippen LogP contribution in [-0.2, 0) is 4.79 Å². The third kappa shape index (κ3) is 2.60. The van der Waals surface area contributed by atoms with Gasteiger partial charge in [-0.25, -0.2) is 9.59 Å². The molecule has 1 saturated heterocycles. The Balaban J connectivity index is 2.14. The van der Waals surface area contributed by atoms with Crippen molar-refractivity contribution in [3.8, 4) is 0 Å². The van der Waals surface area contributed by atoms with Crippen LogP contribution in [0, 0.1) is 0 Å². The highest BCUT2D eigenvalue weighted by atomic mass is 16.4. The van der Waals surface area contributed by atoms with Gasteiger partial charge in [0.25, 0.3) is 0 Å². The van der Waals surface area contributed by atoms with E-state index in [1.165, 1.54) is 5.57 Å². The molecule has 5 nitrogen and oxygen atoms in total. The lowest BCUT2D eigenvalue weighted by Crippen LogP contribution is -2.60. The van der Waals surface area contributed by atoms with Crippen LogP contribution in [0.1, 0.15) is 39.5 Å². The second-order valence-corrected chi connectivity index (χ2v) is 5.72. The molecule has 1 N–H and O–H groups in total. The van der Waals surface area contributed by atoms with Crippen LogP contribution >= 0.6 is 0 Å². The molecule has 0 aromatic carbocycles. The van der Waals surface area contributed by atoms with Gasteiger partial charge in [0.1, 0.15) is 5.54 Å². The summed E-state index contributed by atoms with van der Waals surface area (Å²) in [5.41, 5.74) is 0.245. The molecule has 0 aromatic heterocycles. The summed E-state index contributed by atoms with van der Waals surface area (Å²) in [6, 6.07) is -0.131. The molecule has 1 unspecified atom stereocenters. The number of amides is 2. The van der Waals surface area contributed by atoms with Crippen molar-refractivity contribution in [1.29, 1.82) is 0 Å². The minimum absolute atomic E-state index is 0.131. The molecule has 5 heteroatoms. The first-order valence-electron chi connectivity index (χ1n) is 6.91. The third-order valence-electron chi connectivity index (χ3n) is 4.29. The summed E-state index contributed by atoms with van der Waals surface area (Å²) in [6.45, 7) is 5.55. The number of rotatable bonds is 1. The van der Waals surface area contributed by atoms with Crippen LogP contribution in [0.25, 0.3) is 0 Å². The fourth-order valence-electron chi connectivity index (χ4n) is 2.77. The Morgan fingerprint density at radius 1 is 1.32 bits per heavy atom. The van der Waals surface area contributed by atoms with Crippen LogP contribution < -0.4 is 0 Å². The van der Waals surface area contributed by atoms with Crippen LogP contribution in [-0.4, -0.2) is 52.1 Å². The van der Waals surface area contributed by atoms with Gasteiger partial charge in [0, 0.05) is 19.6 Å². The van der Waals surface area contributed by atoms with E-state index in [1.54, 1.807) is 16.7 Å². The summed E-state index contributed by atoms with van der Waals surface area (Å²) in [7, 11) is 0. The van der Waals surface area contributed by atoms with Crippen LogP contribution in [0.3, 0.4) is 0 Å². The molecule has 1 fully saturated rings. The molecule has 2 heterocycles. The van der Waals surface area contributed by atoms with Gasteiger partial charge in [-0.1, -0.05) is 11.6 Å². The Labute approximate surface area is 113 Å². The average Bonchev–Trinajstić information content (AvgIpc) is 2.39. The lowest BCUT2D eigenvalue weighted by atomic mass is 9.88. The maximum Gasteiger partial charge on any atom is 0.329 e. The van der Waals surface area contributed by atoms with Gasteiger partial charge < -0.3 is 14.9 Å². The SMILES string of the molecule is CC1=CCN(C(=O)N2CCCCC2(C)C(=O)O)CC1. The predicted molar refractivity (Wildman–Crippen MR) is 71.9 cm³/mol. The molecule has 2 aliphatic rings. The third-order valence-corrected chi connectivity index (χ3v) is 4.29. The van der Waals surface area contributed by atoms with Crippen molar-refractivity contribution in [2.45, 2.75) is 45.1 Å². The van der Waals surface area contributed by atoms with Crippen molar-refractivity contribution in [2.24, 2.45) is 0 Å². The molecule has 19 heavy (non-hydrogen) atoms. The number of carboxylic acids is 1. The van der Waals surface area contributed by atoms with Crippen LogP contribution in [0.4, 0.5) is 4.79 Å². The average molecular weight is 266 g/mol. The van der Waals surface area contributed by atoms with E-state index in [0.29, 0.717) is 26.1 Å². The van der Waals surface area contributed by atoms with Crippen molar-refractivity contribution in [3.05, 3.63) is 11.6 Å². The lowest BCUT2D eigenvalue weighted by Gasteiger charge is -2.44. The largest absolute Gasteiger partial charge is 0.480 e. The number of carbonyl (C=O) groups excluding carboxylic acids is 1. The highest BCUT2D eigenvalue weighted by Gasteiger charge is 2.45. The van der Waals surface area contributed by atoms with E-state index in [2.05, 4.69) is 6.92 Å². The van der Waals surface area contributed by atoms with Crippen LogP contribution in [0.15, 0.2) is 11.6 Å². The van der Waals surface area contributed by atoms with E-state index in [9.17, 15) is 14.7 Å². The Bertz CT molecular complexity index is 419. The quantitative estimate of drug-likeness (QED) is 0.739. The predicted octanol–water partition coefficient (Wildman–Crippen LogP) is 2.09. The second-order valence-electron chi connectivity index (χ2n) is 5.72. The smallest absolute Gasteiger partial charge is 0.329 e. The van der Waals surface area contributed by atoms with Crippen LogP contribution in [0.5, 0.6) is 0 Å². The summed E-state index contributed by atoms with van der Waals surface area (Å²) < 4.78 is 0. The van der Waals surface area contributed by atoms with Crippen molar-refractivity contribution in [1.82, 2.24) is 9.80 Å². The number of piperidine rings is 1. The molecular formula is C14H22N2O3. The number of carboxylic acid groups (broad SMARTS) is 1. The summed E-state index contributed by atoms with van der Waals surface area (Å²) in [5, 5.41) is 9.43. The zero-order valence-electron chi connectivity index (χ0n) is 11.7. The zero-order chi connectivity index (χ0) is 14.0. The molecule has 106 valence electrons. The molecule has 0 aromatic rings. The molecule has 0 aliphatic carbocycles. The van der Waals surface area contributed by atoms with Gasteiger partial charge in [-0.15, -0.1) is 0 Å². The van der Waals surface area contributed by atoms with Crippen molar-refractivity contribution in [3.63, 3.8) is 0 Å². The molecule has 2 rings (SSSR count). The summed E-state index contributed by atoms with van der Waals surface area (Å²) in [6.07, 6.45) is 5.21. The highest BCUT2D eigenvalue weighted by Crippen LogP contribution is 2.29. The maximum atomic E-state index is 12.5. The number of nitrogens with zero attached hydrogens (tertiary/aromatic N) is 2. The Kier molecular flexibility index (Phi) is 3.83. The van der Waals surface area contributed by atoms with E-state index in [-0.39, 0.29) is 6.03 Å². The van der Waals surface area contributed by atoms with E-state index >= 15 is 0 Å². The minimum atomic E-state index is -1.05. The monoisotopic (exact) mass is 266 g/mol. The Morgan fingerprint density at radius 2 is 2.05 bits per heavy atom. The van der Waals surface area contributed by atoms with Gasteiger partial charge in [-0.05, 0) is 39.5 Å². The normalized spacial score (nSPS) is 28.0. The molecular weight excluding hydrogens is 244 g/mol. The number of likely N-dealkylation sites (tertiary alicyclic amines) is 1. The highest BCUT2D eigenvalue weighted by molar-refractivity contribution is 5.86. The molecule has 0 radical (unpaired) electrons. The van der Waals surface area contributed by atoms with Gasteiger partial charge in [0.2, 0.25) is 0 Å².